The first-order valence-electron chi connectivity index (χ1n) is 8.69. The number of aryl methyl sites for hydroxylation is 1. The molecule has 4 rings (SSSR count). The molecule has 1 aliphatic heterocycles. The van der Waals surface area contributed by atoms with Crippen molar-refractivity contribution in [1.29, 1.82) is 0 Å². The van der Waals surface area contributed by atoms with E-state index in [0.29, 0.717) is 41.2 Å². The third kappa shape index (κ3) is 3.95. The van der Waals surface area contributed by atoms with E-state index in [1.807, 2.05) is 34.9 Å². The summed E-state index contributed by atoms with van der Waals surface area (Å²) in [6, 6.07) is 11.1. The monoisotopic (exact) mass is 475 g/mol. The Morgan fingerprint density at radius 1 is 1.30 bits per heavy atom. The Morgan fingerprint density at radius 3 is 3.07 bits per heavy atom. The van der Waals surface area contributed by atoms with Gasteiger partial charge in [-0.25, -0.2) is 4.98 Å². The predicted molar refractivity (Wildman–Crippen MR) is 110 cm³/mol. The summed E-state index contributed by atoms with van der Waals surface area (Å²) >= 11 is 2.19. The second-order valence-electron chi connectivity index (χ2n) is 6.56. The van der Waals surface area contributed by atoms with Crippen molar-refractivity contribution >= 4 is 34.3 Å². The van der Waals surface area contributed by atoms with E-state index >= 15 is 0 Å². The summed E-state index contributed by atoms with van der Waals surface area (Å²) in [7, 11) is 0. The lowest BCUT2D eigenvalue weighted by Gasteiger charge is -2.17. The summed E-state index contributed by atoms with van der Waals surface area (Å²) in [6.45, 7) is 3.42. The fourth-order valence-corrected chi connectivity index (χ4v) is 3.40. The van der Waals surface area contributed by atoms with E-state index in [2.05, 4.69) is 50.0 Å². The number of benzene rings is 1. The molecule has 3 heterocycles. The third-order valence-electron chi connectivity index (χ3n) is 4.41. The molecule has 7 nitrogen and oxygen atoms in total. The molecule has 2 aromatic heterocycles. The van der Waals surface area contributed by atoms with Crippen LogP contribution in [0.4, 0.5) is 5.82 Å². The van der Waals surface area contributed by atoms with E-state index < -0.39 is 0 Å². The van der Waals surface area contributed by atoms with Gasteiger partial charge in [-0.1, -0.05) is 13.0 Å². The van der Waals surface area contributed by atoms with Gasteiger partial charge in [0.15, 0.2) is 5.82 Å². The largest absolute Gasteiger partial charge is 0.492 e. The Hall–Kier alpha value is -2.49. The second-order valence-corrected chi connectivity index (χ2v) is 7.80. The van der Waals surface area contributed by atoms with Gasteiger partial charge in [0.1, 0.15) is 23.6 Å². The highest BCUT2D eigenvalue weighted by atomic mass is 127. The Bertz CT molecular complexity index is 988. The lowest BCUT2D eigenvalue weighted by atomic mass is 10.1. The predicted octanol–water partition coefficient (Wildman–Crippen LogP) is 3.62. The quantitative estimate of drug-likeness (QED) is 0.503. The Morgan fingerprint density at radius 2 is 2.19 bits per heavy atom. The molecule has 0 saturated carbocycles. The van der Waals surface area contributed by atoms with Crippen molar-refractivity contribution in [3.05, 3.63) is 51.9 Å². The zero-order valence-electron chi connectivity index (χ0n) is 14.7. The number of amides is 1. The summed E-state index contributed by atoms with van der Waals surface area (Å²) in [5, 5.41) is 11.1. The number of carbonyl (C=O) groups excluding carboxylic acids is 1. The van der Waals surface area contributed by atoms with Crippen molar-refractivity contribution in [2.45, 2.75) is 19.9 Å². The molecule has 1 aromatic carbocycles. The summed E-state index contributed by atoms with van der Waals surface area (Å²) in [4.78, 5) is 17.4. The van der Waals surface area contributed by atoms with E-state index in [0.717, 1.165) is 16.5 Å². The minimum absolute atomic E-state index is 0.251. The Labute approximate surface area is 170 Å². The van der Waals surface area contributed by atoms with Gasteiger partial charge in [-0.05, 0) is 65.3 Å². The van der Waals surface area contributed by atoms with Crippen LogP contribution < -0.4 is 10.1 Å². The molecule has 2 bridgehead atoms. The molecule has 0 saturated heterocycles. The highest BCUT2D eigenvalue weighted by Gasteiger charge is 2.18. The number of ether oxygens (including phenoxy) is 1. The van der Waals surface area contributed by atoms with Gasteiger partial charge < -0.3 is 14.6 Å². The van der Waals surface area contributed by atoms with Gasteiger partial charge in [-0.2, -0.15) is 0 Å². The standard InChI is InChI=1S/C19H18IN5O2/c1-12-7-8-25-11-21-24-18(25)15-3-2-4-17(22-15)23-19(26)14-9-13(20)5-6-16(14)27-10-12/h2-6,9,11-12H,7-8,10H2,1H3,(H,22,23,26)/t12-/m0/s1. The maximum Gasteiger partial charge on any atom is 0.260 e. The van der Waals surface area contributed by atoms with Crippen LogP contribution in [-0.4, -0.2) is 32.3 Å². The number of nitrogens with zero attached hydrogens (tertiary/aromatic N) is 4. The first-order chi connectivity index (χ1) is 13.1. The molecule has 27 heavy (non-hydrogen) atoms. The van der Waals surface area contributed by atoms with Crippen molar-refractivity contribution in [3.63, 3.8) is 0 Å². The minimum atomic E-state index is -0.251. The molecule has 1 amide bonds. The SMILES string of the molecule is C[C@H]1CCn2cnnc2-c2cccc(n2)NC(=O)c2cc(I)ccc2OC1. The van der Waals surface area contributed by atoms with Gasteiger partial charge in [0.05, 0.1) is 12.2 Å². The maximum atomic E-state index is 12.8. The number of hydrogen-bond donors (Lipinski definition) is 1. The van der Waals surface area contributed by atoms with Crippen LogP contribution in [0.25, 0.3) is 11.5 Å². The number of pyridine rings is 1. The summed E-state index contributed by atoms with van der Waals surface area (Å²) in [5.74, 6) is 1.78. The highest BCUT2D eigenvalue weighted by Crippen LogP contribution is 2.25. The van der Waals surface area contributed by atoms with Crippen LogP contribution in [0.2, 0.25) is 0 Å². The second kappa shape index (κ2) is 7.63. The van der Waals surface area contributed by atoms with E-state index in [1.54, 1.807) is 12.4 Å². The molecule has 0 unspecified atom stereocenters. The normalized spacial score (nSPS) is 17.1. The van der Waals surface area contributed by atoms with Crippen molar-refractivity contribution < 1.29 is 9.53 Å². The maximum absolute atomic E-state index is 12.8. The van der Waals surface area contributed by atoms with Gasteiger partial charge in [-0.15, -0.1) is 10.2 Å². The number of anilines is 1. The molecule has 138 valence electrons. The lowest BCUT2D eigenvalue weighted by Crippen LogP contribution is -2.18. The zero-order valence-corrected chi connectivity index (χ0v) is 16.9. The van der Waals surface area contributed by atoms with Crippen LogP contribution in [0.3, 0.4) is 0 Å². The fraction of sp³-hybridized carbons (Fsp3) is 0.263. The minimum Gasteiger partial charge on any atom is -0.492 e. The van der Waals surface area contributed by atoms with E-state index in [1.165, 1.54) is 0 Å². The van der Waals surface area contributed by atoms with E-state index in [9.17, 15) is 4.79 Å². The van der Waals surface area contributed by atoms with Gasteiger partial charge in [0, 0.05) is 10.1 Å². The van der Waals surface area contributed by atoms with Gasteiger partial charge in [-0.3, -0.25) is 4.79 Å². The average molecular weight is 475 g/mol. The first-order valence-corrected chi connectivity index (χ1v) is 9.77. The zero-order chi connectivity index (χ0) is 18.8. The van der Waals surface area contributed by atoms with Gasteiger partial charge in [0.2, 0.25) is 0 Å². The lowest BCUT2D eigenvalue weighted by molar-refractivity contribution is 0.102. The molecule has 0 aliphatic carbocycles. The van der Waals surface area contributed by atoms with Crippen LogP contribution in [0.5, 0.6) is 5.75 Å². The molecule has 1 N–H and O–H groups in total. The highest BCUT2D eigenvalue weighted by molar-refractivity contribution is 14.1. The number of aromatic nitrogens is 4. The van der Waals surface area contributed by atoms with Gasteiger partial charge >= 0.3 is 0 Å². The summed E-state index contributed by atoms with van der Waals surface area (Å²) < 4.78 is 8.92. The molecule has 8 heteroatoms. The molecule has 1 aliphatic rings. The average Bonchev–Trinajstić information content (AvgIpc) is 3.13. The number of hydrogen-bond acceptors (Lipinski definition) is 5. The molecule has 3 aromatic rings. The number of carbonyl (C=O) groups is 1. The van der Waals surface area contributed by atoms with Crippen LogP contribution in [-0.2, 0) is 6.54 Å². The number of rotatable bonds is 0. The van der Waals surface area contributed by atoms with Crippen molar-refractivity contribution in [2.24, 2.45) is 5.92 Å². The van der Waals surface area contributed by atoms with Crippen LogP contribution in [0.1, 0.15) is 23.7 Å². The fourth-order valence-electron chi connectivity index (χ4n) is 2.91. The molecular weight excluding hydrogens is 457 g/mol. The van der Waals surface area contributed by atoms with E-state index in [-0.39, 0.29) is 5.91 Å². The van der Waals surface area contributed by atoms with Crippen molar-refractivity contribution in [2.75, 3.05) is 11.9 Å². The Balaban J connectivity index is 1.76. The molecule has 0 fully saturated rings. The van der Waals surface area contributed by atoms with E-state index in [4.69, 9.17) is 4.74 Å². The molecular formula is C19H18IN5O2. The van der Waals surface area contributed by atoms with Gasteiger partial charge in [0.25, 0.3) is 5.91 Å². The smallest absolute Gasteiger partial charge is 0.260 e. The van der Waals surface area contributed by atoms with Crippen LogP contribution >= 0.6 is 22.6 Å². The Kier molecular flexibility index (Phi) is 5.06. The molecule has 0 radical (unpaired) electrons. The first kappa shape index (κ1) is 17.9. The van der Waals surface area contributed by atoms with Crippen LogP contribution in [0.15, 0.2) is 42.7 Å². The molecule has 1 atom stereocenters. The van der Waals surface area contributed by atoms with Crippen LogP contribution in [0, 0.1) is 9.49 Å². The van der Waals surface area contributed by atoms with Crippen molar-refractivity contribution in [3.8, 4) is 17.3 Å². The third-order valence-corrected chi connectivity index (χ3v) is 5.08. The number of fused-ring (bicyclic) bond motifs is 5. The topological polar surface area (TPSA) is 81.9 Å². The number of nitrogens with one attached hydrogen (secondary N) is 1. The molecule has 0 spiro atoms. The summed E-state index contributed by atoms with van der Waals surface area (Å²) in [5.41, 5.74) is 1.18. The van der Waals surface area contributed by atoms with Crippen molar-refractivity contribution in [1.82, 2.24) is 19.7 Å². The number of halogens is 1. The summed E-state index contributed by atoms with van der Waals surface area (Å²) in [6.07, 6.45) is 2.61.